The van der Waals surface area contributed by atoms with E-state index in [0.29, 0.717) is 17.8 Å². The lowest BCUT2D eigenvalue weighted by Gasteiger charge is -2.22. The van der Waals surface area contributed by atoms with E-state index in [0.717, 1.165) is 21.4 Å². The Hall–Kier alpha value is -2.20. The number of hydrogen-bond donors (Lipinski definition) is 2. The van der Waals surface area contributed by atoms with Gasteiger partial charge < -0.3 is 5.32 Å². The molecule has 0 aromatic heterocycles. The van der Waals surface area contributed by atoms with Crippen molar-refractivity contribution in [1.82, 2.24) is 10.4 Å². The summed E-state index contributed by atoms with van der Waals surface area (Å²) in [6.07, 6.45) is 1.05. The SMILES string of the molecule is CON(c1cccc(CN(O)C(=S)NCc2ccc(C(C)(C)C)cc2)c1)S(C)(=O)=O. The third kappa shape index (κ3) is 6.66. The van der Waals surface area contributed by atoms with Crippen LogP contribution in [0.4, 0.5) is 5.69 Å². The van der Waals surface area contributed by atoms with Crippen LogP contribution in [0.15, 0.2) is 48.5 Å². The summed E-state index contributed by atoms with van der Waals surface area (Å²) in [5.41, 5.74) is 3.39. The van der Waals surface area contributed by atoms with Gasteiger partial charge in [-0.05, 0) is 46.5 Å². The molecular formula is C21H29N3O4S2. The second-order valence-electron chi connectivity index (χ2n) is 8.01. The highest BCUT2D eigenvalue weighted by molar-refractivity contribution is 7.91. The summed E-state index contributed by atoms with van der Waals surface area (Å²) in [7, 11) is -2.31. The third-order valence-electron chi connectivity index (χ3n) is 4.42. The molecule has 0 aliphatic heterocycles. The fraction of sp³-hybridized carbons (Fsp3) is 0.381. The van der Waals surface area contributed by atoms with Gasteiger partial charge in [0.25, 0.3) is 10.0 Å². The summed E-state index contributed by atoms with van der Waals surface area (Å²) in [4.78, 5) is 4.96. The highest BCUT2D eigenvalue weighted by atomic mass is 32.2. The molecule has 0 bridgehead atoms. The number of thiocarbonyl (C=S) groups is 1. The predicted molar refractivity (Wildman–Crippen MR) is 123 cm³/mol. The van der Waals surface area contributed by atoms with E-state index in [2.05, 4.69) is 38.2 Å². The average molecular weight is 452 g/mol. The minimum Gasteiger partial charge on any atom is -0.357 e. The molecule has 0 fully saturated rings. The average Bonchev–Trinajstić information content (AvgIpc) is 2.65. The summed E-state index contributed by atoms with van der Waals surface area (Å²) in [5, 5.41) is 14.4. The molecule has 0 atom stereocenters. The quantitative estimate of drug-likeness (QED) is 0.492. The first-order chi connectivity index (χ1) is 13.9. The minimum atomic E-state index is -3.58. The molecule has 0 aliphatic rings. The van der Waals surface area contributed by atoms with Crippen LogP contribution in [0.5, 0.6) is 0 Å². The van der Waals surface area contributed by atoms with Crippen LogP contribution in [-0.2, 0) is 33.4 Å². The summed E-state index contributed by atoms with van der Waals surface area (Å²) < 4.78 is 24.4. The Morgan fingerprint density at radius 3 is 2.30 bits per heavy atom. The van der Waals surface area contributed by atoms with Gasteiger partial charge in [0.05, 0.1) is 25.6 Å². The van der Waals surface area contributed by atoms with Gasteiger partial charge in [-0.15, -0.1) is 4.47 Å². The van der Waals surface area contributed by atoms with E-state index in [1.165, 1.54) is 12.7 Å². The van der Waals surface area contributed by atoms with Crippen molar-refractivity contribution in [3.63, 3.8) is 0 Å². The van der Waals surface area contributed by atoms with Gasteiger partial charge >= 0.3 is 0 Å². The predicted octanol–water partition coefficient (Wildman–Crippen LogP) is 3.58. The van der Waals surface area contributed by atoms with Crippen LogP contribution in [-0.4, -0.2) is 37.2 Å². The number of hydroxylamine groups is 2. The Bertz CT molecular complexity index is 970. The molecule has 2 N–H and O–H groups in total. The first kappa shape index (κ1) is 24.1. The van der Waals surface area contributed by atoms with Crippen LogP contribution in [0.3, 0.4) is 0 Å². The minimum absolute atomic E-state index is 0.0873. The van der Waals surface area contributed by atoms with E-state index in [9.17, 15) is 13.6 Å². The van der Waals surface area contributed by atoms with E-state index >= 15 is 0 Å². The first-order valence-electron chi connectivity index (χ1n) is 9.39. The molecule has 2 rings (SSSR count). The van der Waals surface area contributed by atoms with E-state index in [4.69, 9.17) is 17.1 Å². The maximum absolute atomic E-state index is 11.8. The molecule has 2 aromatic carbocycles. The number of hydrogen-bond acceptors (Lipinski definition) is 5. The highest BCUT2D eigenvalue weighted by Crippen LogP contribution is 2.22. The van der Waals surface area contributed by atoms with Crippen molar-refractivity contribution in [1.29, 1.82) is 0 Å². The monoisotopic (exact) mass is 451 g/mol. The smallest absolute Gasteiger partial charge is 0.254 e. The van der Waals surface area contributed by atoms with E-state index < -0.39 is 10.0 Å². The fourth-order valence-corrected chi connectivity index (χ4v) is 3.74. The maximum atomic E-state index is 11.8. The summed E-state index contributed by atoms with van der Waals surface area (Å²) >= 11 is 5.26. The van der Waals surface area contributed by atoms with Crippen molar-refractivity contribution >= 4 is 33.0 Å². The van der Waals surface area contributed by atoms with Gasteiger partial charge in [-0.25, -0.2) is 13.5 Å². The molecule has 0 radical (unpaired) electrons. The van der Waals surface area contributed by atoms with Crippen LogP contribution in [0, 0.1) is 0 Å². The van der Waals surface area contributed by atoms with Crippen molar-refractivity contribution in [3.05, 3.63) is 65.2 Å². The number of nitrogens with zero attached hydrogens (tertiary/aromatic N) is 2. The Morgan fingerprint density at radius 1 is 1.13 bits per heavy atom. The second kappa shape index (κ2) is 9.74. The summed E-state index contributed by atoms with van der Waals surface area (Å²) in [6, 6.07) is 14.9. The molecule has 164 valence electrons. The third-order valence-corrected chi connectivity index (χ3v) is 5.74. The van der Waals surface area contributed by atoms with Crippen molar-refractivity contribution < 1.29 is 18.5 Å². The number of sulfonamides is 1. The lowest BCUT2D eigenvalue weighted by Crippen LogP contribution is -2.36. The van der Waals surface area contributed by atoms with E-state index in [1.54, 1.807) is 24.3 Å². The van der Waals surface area contributed by atoms with Crippen molar-refractivity contribution in [2.24, 2.45) is 0 Å². The van der Waals surface area contributed by atoms with Gasteiger partial charge in [0.2, 0.25) is 0 Å². The van der Waals surface area contributed by atoms with Crippen LogP contribution in [0.1, 0.15) is 37.5 Å². The largest absolute Gasteiger partial charge is 0.357 e. The Balaban J connectivity index is 1.98. The topological polar surface area (TPSA) is 82.1 Å². The first-order valence-corrected chi connectivity index (χ1v) is 11.6. The normalized spacial score (nSPS) is 11.8. The molecule has 0 aliphatic carbocycles. The zero-order valence-electron chi connectivity index (χ0n) is 17.9. The lowest BCUT2D eigenvalue weighted by molar-refractivity contribution is -0.0237. The zero-order valence-corrected chi connectivity index (χ0v) is 19.5. The molecule has 0 spiro atoms. The molecule has 2 aromatic rings. The van der Waals surface area contributed by atoms with Crippen molar-refractivity contribution in [2.75, 3.05) is 17.8 Å². The molecule has 0 unspecified atom stereocenters. The van der Waals surface area contributed by atoms with Gasteiger partial charge in [-0.1, -0.05) is 57.2 Å². The highest BCUT2D eigenvalue weighted by Gasteiger charge is 2.18. The van der Waals surface area contributed by atoms with Crippen molar-refractivity contribution in [3.8, 4) is 0 Å². The van der Waals surface area contributed by atoms with Gasteiger partial charge in [0, 0.05) is 6.54 Å². The van der Waals surface area contributed by atoms with Gasteiger partial charge in [-0.2, -0.15) is 0 Å². The molecule has 0 amide bonds. The van der Waals surface area contributed by atoms with Gasteiger partial charge in [0.15, 0.2) is 5.11 Å². The molecule has 9 heteroatoms. The van der Waals surface area contributed by atoms with Crippen molar-refractivity contribution in [2.45, 2.75) is 39.3 Å². The number of benzene rings is 2. The van der Waals surface area contributed by atoms with Crippen LogP contribution < -0.4 is 9.79 Å². The van der Waals surface area contributed by atoms with Crippen LogP contribution in [0.25, 0.3) is 0 Å². The molecule has 30 heavy (non-hydrogen) atoms. The molecule has 0 saturated carbocycles. The maximum Gasteiger partial charge on any atom is 0.254 e. The van der Waals surface area contributed by atoms with Gasteiger partial charge in [0.1, 0.15) is 0 Å². The number of rotatable bonds is 7. The Morgan fingerprint density at radius 2 is 1.77 bits per heavy atom. The number of nitrogens with one attached hydrogen (secondary N) is 1. The number of anilines is 1. The molecule has 0 saturated heterocycles. The zero-order chi connectivity index (χ0) is 22.5. The standard InChI is InChI=1S/C21H29N3O4S2/c1-21(2,3)18-11-9-16(10-12-18)14-22-20(29)23(25)15-17-7-6-8-19(13-17)24(28-4)30(5,26)27/h6-13,25H,14-15H2,1-5H3,(H,22,29). The second-order valence-corrected chi connectivity index (χ2v) is 10.2. The molecule has 7 nitrogen and oxygen atoms in total. The van der Waals surface area contributed by atoms with Crippen LogP contribution >= 0.6 is 12.2 Å². The van der Waals surface area contributed by atoms with E-state index in [1.807, 2.05) is 12.1 Å². The fourth-order valence-electron chi connectivity index (χ4n) is 2.84. The Kier molecular flexibility index (Phi) is 7.81. The lowest BCUT2D eigenvalue weighted by atomic mass is 9.87. The van der Waals surface area contributed by atoms with Crippen LogP contribution in [0.2, 0.25) is 0 Å². The summed E-state index contributed by atoms with van der Waals surface area (Å²) in [5.74, 6) is 0. The molecule has 0 heterocycles. The van der Waals surface area contributed by atoms with Gasteiger partial charge in [-0.3, -0.25) is 10.0 Å². The molecular weight excluding hydrogens is 422 g/mol. The van der Waals surface area contributed by atoms with E-state index in [-0.39, 0.29) is 17.1 Å². The summed E-state index contributed by atoms with van der Waals surface area (Å²) in [6.45, 7) is 7.05. The Labute approximate surface area is 184 Å².